The summed E-state index contributed by atoms with van der Waals surface area (Å²) in [7, 11) is 0. The van der Waals surface area contributed by atoms with Crippen LogP contribution >= 0.6 is 11.3 Å². The summed E-state index contributed by atoms with van der Waals surface area (Å²) in [4.78, 5) is 13.8. The molecule has 0 saturated heterocycles. The van der Waals surface area contributed by atoms with E-state index in [9.17, 15) is 1.37 Å². The van der Waals surface area contributed by atoms with Crippen LogP contribution < -0.4 is 0 Å². The Labute approximate surface area is 346 Å². The molecular formula is C51H31N3OS. The van der Waals surface area contributed by atoms with Crippen molar-refractivity contribution in [3.63, 3.8) is 0 Å². The van der Waals surface area contributed by atoms with Crippen LogP contribution in [0.5, 0.6) is 0 Å². The number of rotatable bonds is 6. The van der Waals surface area contributed by atoms with E-state index in [4.69, 9.17) is 22.2 Å². The van der Waals surface area contributed by atoms with Gasteiger partial charge in [0, 0.05) is 58.8 Å². The van der Waals surface area contributed by atoms with E-state index >= 15 is 0 Å². The molecule has 0 aliphatic rings. The summed E-state index contributed by atoms with van der Waals surface area (Å²) in [6.45, 7) is 0. The molecule has 8 aromatic carbocycles. The van der Waals surface area contributed by atoms with Gasteiger partial charge in [0.05, 0.1) is 19.2 Å². The van der Waals surface area contributed by atoms with Crippen LogP contribution in [0.25, 0.3) is 110 Å². The Kier molecular flexibility index (Phi) is 4.98. The maximum atomic E-state index is 9.39. The first kappa shape index (κ1) is 21.0. The Morgan fingerprint density at radius 1 is 0.429 bits per heavy atom. The molecule has 0 radical (unpaired) electrons. The van der Waals surface area contributed by atoms with Gasteiger partial charge >= 0.3 is 0 Å². The van der Waals surface area contributed by atoms with Gasteiger partial charge in [-0.05, 0) is 58.6 Å². The van der Waals surface area contributed by atoms with Crippen LogP contribution in [0, 0.1) is 0 Å². The molecule has 0 N–H and O–H groups in total. The smallest absolute Gasteiger partial charge is 0.164 e. The predicted molar refractivity (Wildman–Crippen MR) is 233 cm³/mol. The Morgan fingerprint density at radius 2 is 1.11 bits per heavy atom. The van der Waals surface area contributed by atoms with E-state index in [0.717, 1.165) is 53.2 Å². The predicted octanol–water partition coefficient (Wildman–Crippen LogP) is 14.1. The minimum Gasteiger partial charge on any atom is -0.455 e. The molecule has 5 heteroatoms. The van der Waals surface area contributed by atoms with Crippen molar-refractivity contribution < 1.29 is 23.6 Å². The molecule has 11 rings (SSSR count). The zero-order valence-electron chi connectivity index (χ0n) is 43.0. The first-order chi connectivity index (χ1) is 33.5. The zero-order chi connectivity index (χ0) is 49.2. The van der Waals surface area contributed by atoms with Gasteiger partial charge in [-0.3, -0.25) is 0 Å². The molecule has 0 saturated carbocycles. The largest absolute Gasteiger partial charge is 0.455 e. The van der Waals surface area contributed by atoms with Gasteiger partial charge < -0.3 is 4.42 Å². The van der Waals surface area contributed by atoms with Gasteiger partial charge in [-0.1, -0.05) is 151 Å². The van der Waals surface area contributed by atoms with Crippen molar-refractivity contribution in [1.82, 2.24) is 15.0 Å². The van der Waals surface area contributed by atoms with Gasteiger partial charge in [-0.25, -0.2) is 15.0 Å². The molecule has 0 amide bonds. The molecule has 4 nitrogen and oxygen atoms in total. The Bertz CT molecular complexity index is 4020. The number of nitrogens with zero attached hydrogens (tertiary/aromatic N) is 3. The fourth-order valence-corrected chi connectivity index (χ4v) is 8.23. The highest BCUT2D eigenvalue weighted by molar-refractivity contribution is 7.26. The molecule has 11 aromatic rings. The van der Waals surface area contributed by atoms with Gasteiger partial charge in [-0.15, -0.1) is 11.3 Å². The summed E-state index contributed by atoms with van der Waals surface area (Å²) < 4.78 is 130. The molecular weight excluding hydrogens is 703 g/mol. The second-order valence-electron chi connectivity index (χ2n) is 12.9. The fourth-order valence-electron chi connectivity index (χ4n) is 7.02. The van der Waals surface area contributed by atoms with Crippen molar-refractivity contribution >= 4 is 53.4 Å². The van der Waals surface area contributed by atoms with Gasteiger partial charge in [0.15, 0.2) is 17.5 Å². The molecule has 0 aliphatic carbocycles. The highest BCUT2D eigenvalue weighted by atomic mass is 32.1. The Balaban J connectivity index is 1.15. The lowest BCUT2D eigenvalue weighted by molar-refractivity contribution is 0.670. The van der Waals surface area contributed by atoms with Crippen molar-refractivity contribution in [1.29, 1.82) is 0 Å². The Morgan fingerprint density at radius 3 is 1.93 bits per heavy atom. The van der Waals surface area contributed by atoms with Gasteiger partial charge in [0.1, 0.15) is 11.2 Å². The van der Waals surface area contributed by atoms with Gasteiger partial charge in [-0.2, -0.15) is 0 Å². The van der Waals surface area contributed by atoms with Crippen LogP contribution in [0.2, 0.25) is 0 Å². The van der Waals surface area contributed by atoms with Crippen molar-refractivity contribution in [3.8, 4) is 67.5 Å². The number of furan rings is 1. The molecule has 0 unspecified atom stereocenters. The number of thiophene rings is 1. The van der Waals surface area contributed by atoms with Crippen LogP contribution in [0.15, 0.2) is 192 Å². The highest BCUT2D eigenvalue weighted by Gasteiger charge is 2.20. The number of benzene rings is 8. The molecule has 0 atom stereocenters. The van der Waals surface area contributed by atoms with Crippen molar-refractivity contribution in [2.45, 2.75) is 0 Å². The van der Waals surface area contributed by atoms with Crippen molar-refractivity contribution in [3.05, 3.63) is 188 Å². The van der Waals surface area contributed by atoms with Crippen LogP contribution in [0.4, 0.5) is 0 Å². The third-order valence-corrected chi connectivity index (χ3v) is 10.8. The van der Waals surface area contributed by atoms with E-state index in [-0.39, 0.29) is 11.4 Å². The van der Waals surface area contributed by atoms with Crippen molar-refractivity contribution in [2.24, 2.45) is 0 Å². The van der Waals surface area contributed by atoms with Gasteiger partial charge in [0.2, 0.25) is 0 Å². The quantitative estimate of drug-likeness (QED) is 0.170. The topological polar surface area (TPSA) is 51.8 Å². The maximum Gasteiger partial charge on any atom is 0.164 e. The summed E-state index contributed by atoms with van der Waals surface area (Å²) in [5.41, 5.74) is 3.18. The molecule has 0 aliphatic heterocycles. The van der Waals surface area contributed by atoms with Gasteiger partial charge in [0.25, 0.3) is 0 Å². The normalized spacial score (nSPS) is 15.1. The average molecular weight is 748 g/mol. The van der Waals surface area contributed by atoms with E-state index in [1.54, 1.807) is 23.5 Å². The van der Waals surface area contributed by atoms with E-state index in [1.807, 2.05) is 54.6 Å². The summed E-state index contributed by atoms with van der Waals surface area (Å²) in [6, 6.07) is 23.9. The summed E-state index contributed by atoms with van der Waals surface area (Å²) in [5.74, 6) is -1.08. The maximum absolute atomic E-state index is 9.39. The molecule has 3 aromatic heterocycles. The molecule has 262 valence electrons. The van der Waals surface area contributed by atoms with Crippen LogP contribution in [0.1, 0.15) is 19.2 Å². The number of para-hydroxylation sites is 1. The molecule has 0 fully saturated rings. The standard InChI is InChI=1S/C51H31N3OS/c1-4-14-32(15-5-1)35-20-12-21-36(28-35)50-52-49(34-18-8-3-9-19-34)53-51(54-50)37-26-27-39-41-23-13-24-42(47(41)55-45(39)31-37)44-30-38(33-16-6-2-7-17-33)29-43-40-22-10-11-25-46(40)56-48(43)44/h1-31H/i1D,3D,4D,5D,8D,9D,12D,14D,15D,18D,19D,20D,21D,28D. The number of hydrogen-bond acceptors (Lipinski definition) is 5. The van der Waals surface area contributed by atoms with Crippen LogP contribution in [0.3, 0.4) is 0 Å². The third-order valence-electron chi connectivity index (χ3n) is 9.59. The molecule has 56 heavy (non-hydrogen) atoms. The minimum atomic E-state index is -0.777. The first-order valence-electron chi connectivity index (χ1n) is 24.5. The monoisotopic (exact) mass is 747 g/mol. The third kappa shape index (κ3) is 5.56. The Hall–Kier alpha value is -7.21. The van der Waals surface area contributed by atoms with Crippen LogP contribution in [-0.4, -0.2) is 15.0 Å². The van der Waals surface area contributed by atoms with E-state index < -0.39 is 118 Å². The highest BCUT2D eigenvalue weighted by Crippen LogP contribution is 2.46. The molecule has 0 spiro atoms. The number of fused-ring (bicyclic) bond motifs is 6. The minimum absolute atomic E-state index is 0.151. The van der Waals surface area contributed by atoms with Crippen LogP contribution in [-0.2, 0) is 0 Å². The SMILES string of the molecule is [2H]c1c([2H])c([2H])c(-c2nc(-c3ccc4c(c3)oc3c(-c5cc(-c6ccccc6)cc6c5sc5ccccc56)cccc34)nc(-c3c([2H])c([2H])c([2H])c(-c4c([2H])c([2H])c([2H])c([2H])c4[2H])c3[2H])n2)c([2H])c1[2H]. The number of aromatic nitrogens is 3. The second-order valence-corrected chi connectivity index (χ2v) is 14.0. The van der Waals surface area contributed by atoms with E-state index in [0.29, 0.717) is 11.2 Å². The summed E-state index contributed by atoms with van der Waals surface area (Å²) in [5, 5.41) is 3.79. The lowest BCUT2D eigenvalue weighted by Gasteiger charge is -2.09. The molecule has 3 heterocycles. The zero-order valence-corrected chi connectivity index (χ0v) is 29.8. The second kappa shape index (κ2) is 13.3. The fraction of sp³-hybridized carbons (Fsp3) is 0. The average Bonchev–Trinajstić information content (AvgIpc) is 3.95. The first-order valence-corrected chi connectivity index (χ1v) is 18.3. The lowest BCUT2D eigenvalue weighted by Crippen LogP contribution is -2.00. The van der Waals surface area contributed by atoms with E-state index in [1.165, 1.54) is 0 Å². The lowest BCUT2D eigenvalue weighted by atomic mass is 9.95. The van der Waals surface area contributed by atoms with Crippen molar-refractivity contribution in [2.75, 3.05) is 0 Å². The summed E-state index contributed by atoms with van der Waals surface area (Å²) >= 11 is 1.70. The summed E-state index contributed by atoms with van der Waals surface area (Å²) in [6.07, 6.45) is 0. The molecule has 0 bridgehead atoms. The number of hydrogen-bond donors (Lipinski definition) is 0. The van der Waals surface area contributed by atoms with E-state index in [2.05, 4.69) is 51.4 Å².